The molecule has 0 aliphatic heterocycles. The Balaban J connectivity index is 2.82. The second-order valence-corrected chi connectivity index (χ2v) is 2.93. The van der Waals surface area contributed by atoms with Crippen molar-refractivity contribution >= 4 is 23.2 Å². The van der Waals surface area contributed by atoms with E-state index < -0.39 is 0 Å². The van der Waals surface area contributed by atoms with Crippen molar-refractivity contribution in [2.45, 2.75) is 13.3 Å². The third-order valence-electron chi connectivity index (χ3n) is 1.79. The normalized spacial score (nSPS) is 10.1. The molecule has 72 valence electrons. The SMILES string of the molecule is CCc1c(NC(=O)CCl)cnn1C. The van der Waals surface area contributed by atoms with Crippen LogP contribution in [0.4, 0.5) is 5.69 Å². The smallest absolute Gasteiger partial charge is 0.239 e. The number of anilines is 1. The van der Waals surface area contributed by atoms with Crippen LogP contribution in [0.5, 0.6) is 0 Å². The van der Waals surface area contributed by atoms with Crippen LogP contribution in [0.15, 0.2) is 6.20 Å². The molecule has 1 aromatic heterocycles. The van der Waals surface area contributed by atoms with E-state index in [1.807, 2.05) is 14.0 Å². The molecular weight excluding hydrogens is 190 g/mol. The Bertz CT molecular complexity index is 308. The van der Waals surface area contributed by atoms with Crippen LogP contribution in [-0.4, -0.2) is 21.6 Å². The Morgan fingerprint density at radius 2 is 2.46 bits per heavy atom. The van der Waals surface area contributed by atoms with Gasteiger partial charge in [0.25, 0.3) is 0 Å². The average Bonchev–Trinajstić information content (AvgIpc) is 2.46. The summed E-state index contributed by atoms with van der Waals surface area (Å²) in [5, 5.41) is 6.71. The number of alkyl halides is 1. The maximum Gasteiger partial charge on any atom is 0.239 e. The number of carbonyl (C=O) groups is 1. The minimum atomic E-state index is -0.204. The molecule has 0 atom stereocenters. The van der Waals surface area contributed by atoms with Crippen LogP contribution in [0.25, 0.3) is 0 Å². The van der Waals surface area contributed by atoms with Crippen LogP contribution in [0.1, 0.15) is 12.6 Å². The van der Waals surface area contributed by atoms with Crippen molar-refractivity contribution in [1.82, 2.24) is 9.78 Å². The van der Waals surface area contributed by atoms with Crippen molar-refractivity contribution in [3.8, 4) is 0 Å². The maximum absolute atomic E-state index is 11.0. The van der Waals surface area contributed by atoms with E-state index in [0.717, 1.165) is 17.8 Å². The zero-order valence-corrected chi connectivity index (χ0v) is 8.43. The van der Waals surface area contributed by atoms with Crippen LogP contribution in [-0.2, 0) is 18.3 Å². The standard InChI is InChI=1S/C8H12ClN3O/c1-3-7-6(5-10-12(7)2)11-8(13)4-9/h5H,3-4H2,1-2H3,(H,11,13). The van der Waals surface area contributed by atoms with E-state index in [4.69, 9.17) is 11.6 Å². The lowest BCUT2D eigenvalue weighted by molar-refractivity contribution is -0.113. The van der Waals surface area contributed by atoms with Crippen LogP contribution in [0, 0.1) is 0 Å². The van der Waals surface area contributed by atoms with E-state index in [2.05, 4.69) is 10.4 Å². The summed E-state index contributed by atoms with van der Waals surface area (Å²) in [6, 6.07) is 0. The third kappa shape index (κ3) is 2.21. The Morgan fingerprint density at radius 1 is 1.77 bits per heavy atom. The first-order valence-electron chi connectivity index (χ1n) is 4.05. The number of amides is 1. The van der Waals surface area contributed by atoms with Gasteiger partial charge in [-0.3, -0.25) is 9.48 Å². The van der Waals surface area contributed by atoms with Crippen molar-refractivity contribution in [2.24, 2.45) is 7.05 Å². The Labute approximate surface area is 81.9 Å². The molecular formula is C8H12ClN3O. The monoisotopic (exact) mass is 201 g/mol. The molecule has 1 N–H and O–H groups in total. The van der Waals surface area contributed by atoms with Gasteiger partial charge < -0.3 is 5.32 Å². The molecule has 0 saturated carbocycles. The number of aryl methyl sites for hydroxylation is 1. The number of aromatic nitrogens is 2. The lowest BCUT2D eigenvalue weighted by Gasteiger charge is -2.03. The third-order valence-corrected chi connectivity index (χ3v) is 2.03. The second-order valence-electron chi connectivity index (χ2n) is 2.66. The molecule has 0 fully saturated rings. The first kappa shape index (κ1) is 10.1. The molecule has 4 nitrogen and oxygen atoms in total. The highest BCUT2D eigenvalue weighted by Gasteiger charge is 2.08. The van der Waals surface area contributed by atoms with Gasteiger partial charge in [0.05, 0.1) is 17.6 Å². The first-order valence-corrected chi connectivity index (χ1v) is 4.59. The summed E-state index contributed by atoms with van der Waals surface area (Å²) >= 11 is 5.36. The van der Waals surface area contributed by atoms with Crippen molar-refractivity contribution in [3.63, 3.8) is 0 Å². The predicted octanol–water partition coefficient (Wildman–Crippen LogP) is 1.16. The number of hydrogen-bond acceptors (Lipinski definition) is 2. The van der Waals surface area contributed by atoms with Gasteiger partial charge in [-0.05, 0) is 6.42 Å². The fourth-order valence-electron chi connectivity index (χ4n) is 1.17. The minimum Gasteiger partial charge on any atom is -0.322 e. The van der Waals surface area contributed by atoms with E-state index in [0.29, 0.717) is 0 Å². The van der Waals surface area contributed by atoms with Gasteiger partial charge >= 0.3 is 0 Å². The van der Waals surface area contributed by atoms with Crippen LogP contribution < -0.4 is 5.32 Å². The molecule has 0 spiro atoms. The zero-order chi connectivity index (χ0) is 9.84. The van der Waals surface area contributed by atoms with E-state index >= 15 is 0 Å². The van der Waals surface area contributed by atoms with Crippen LogP contribution in [0.3, 0.4) is 0 Å². The number of nitrogens with zero attached hydrogens (tertiary/aromatic N) is 2. The quantitative estimate of drug-likeness (QED) is 0.747. The van der Waals surface area contributed by atoms with Crippen molar-refractivity contribution in [1.29, 1.82) is 0 Å². The molecule has 0 bridgehead atoms. The van der Waals surface area contributed by atoms with Gasteiger partial charge in [-0.25, -0.2) is 0 Å². The largest absolute Gasteiger partial charge is 0.322 e. The molecule has 1 aromatic rings. The number of rotatable bonds is 3. The minimum absolute atomic E-state index is 0.0297. The number of carbonyl (C=O) groups excluding carboxylic acids is 1. The highest BCUT2D eigenvalue weighted by Crippen LogP contribution is 2.14. The van der Waals surface area contributed by atoms with Crippen molar-refractivity contribution < 1.29 is 4.79 Å². The highest BCUT2D eigenvalue weighted by molar-refractivity contribution is 6.29. The molecule has 0 saturated heterocycles. The van der Waals surface area contributed by atoms with Crippen molar-refractivity contribution in [3.05, 3.63) is 11.9 Å². The molecule has 1 heterocycles. The van der Waals surface area contributed by atoms with E-state index in [1.165, 1.54) is 0 Å². The molecule has 1 amide bonds. The summed E-state index contributed by atoms with van der Waals surface area (Å²) in [5.74, 6) is -0.234. The first-order chi connectivity index (χ1) is 6.19. The second kappa shape index (κ2) is 4.28. The summed E-state index contributed by atoms with van der Waals surface area (Å²) < 4.78 is 1.74. The van der Waals surface area contributed by atoms with E-state index in [-0.39, 0.29) is 11.8 Å². The average molecular weight is 202 g/mol. The molecule has 0 radical (unpaired) electrons. The summed E-state index contributed by atoms with van der Waals surface area (Å²) in [4.78, 5) is 11.0. The van der Waals surface area contributed by atoms with Gasteiger partial charge in [-0.1, -0.05) is 6.92 Å². The maximum atomic E-state index is 11.0. The van der Waals surface area contributed by atoms with E-state index in [9.17, 15) is 4.79 Å². The van der Waals surface area contributed by atoms with Crippen molar-refractivity contribution in [2.75, 3.05) is 11.2 Å². The van der Waals surface area contributed by atoms with Gasteiger partial charge in [-0.15, -0.1) is 11.6 Å². The Morgan fingerprint density at radius 3 is 3.00 bits per heavy atom. The number of nitrogens with one attached hydrogen (secondary N) is 1. The molecule has 0 aliphatic carbocycles. The van der Waals surface area contributed by atoms with E-state index in [1.54, 1.807) is 10.9 Å². The topological polar surface area (TPSA) is 46.9 Å². The fraction of sp³-hybridized carbons (Fsp3) is 0.500. The Hall–Kier alpha value is -1.03. The summed E-state index contributed by atoms with van der Waals surface area (Å²) in [6.07, 6.45) is 2.46. The zero-order valence-electron chi connectivity index (χ0n) is 7.67. The van der Waals surface area contributed by atoms with Gasteiger partial charge in [0.15, 0.2) is 0 Å². The van der Waals surface area contributed by atoms with Gasteiger partial charge in [0, 0.05) is 7.05 Å². The number of hydrogen-bond donors (Lipinski definition) is 1. The molecule has 0 unspecified atom stereocenters. The fourth-order valence-corrected chi connectivity index (χ4v) is 1.24. The lowest BCUT2D eigenvalue weighted by Crippen LogP contribution is -2.13. The molecule has 0 aliphatic rings. The molecule has 13 heavy (non-hydrogen) atoms. The molecule has 0 aromatic carbocycles. The van der Waals surface area contributed by atoms with Gasteiger partial charge in [0.2, 0.25) is 5.91 Å². The summed E-state index contributed by atoms with van der Waals surface area (Å²) in [7, 11) is 1.84. The summed E-state index contributed by atoms with van der Waals surface area (Å²) in [5.41, 5.74) is 1.74. The van der Waals surface area contributed by atoms with Crippen LogP contribution >= 0.6 is 11.6 Å². The molecule has 5 heteroatoms. The van der Waals surface area contributed by atoms with Gasteiger partial charge in [0.1, 0.15) is 5.88 Å². The predicted molar refractivity (Wildman–Crippen MR) is 51.9 cm³/mol. The lowest BCUT2D eigenvalue weighted by atomic mass is 10.3. The van der Waals surface area contributed by atoms with Crippen LogP contribution in [0.2, 0.25) is 0 Å². The highest BCUT2D eigenvalue weighted by atomic mass is 35.5. The number of halogens is 1. The molecule has 1 rings (SSSR count). The summed E-state index contributed by atoms with van der Waals surface area (Å²) in [6.45, 7) is 2.01. The Kier molecular flexibility index (Phi) is 3.31. The van der Waals surface area contributed by atoms with Gasteiger partial charge in [-0.2, -0.15) is 5.10 Å².